The summed E-state index contributed by atoms with van der Waals surface area (Å²) in [6.45, 7) is 3.24. The maximum atomic E-state index is 12.2. The second-order valence-corrected chi connectivity index (χ2v) is 4.80. The van der Waals surface area contributed by atoms with Gasteiger partial charge < -0.3 is 9.84 Å². The van der Waals surface area contributed by atoms with E-state index >= 15 is 0 Å². The van der Waals surface area contributed by atoms with Gasteiger partial charge in [0.2, 0.25) is 11.8 Å². The minimum absolute atomic E-state index is 0.144. The number of morpholine rings is 1. The Morgan fingerprint density at radius 2 is 2.21 bits per heavy atom. The second kappa shape index (κ2) is 5.66. The van der Waals surface area contributed by atoms with Crippen molar-refractivity contribution in [2.24, 2.45) is 0 Å². The standard InChI is InChI=1S/C12H18N2O5/c1-2-3-14-10(15)6-8(11(14)16)13-4-5-19-9(7-13)12(17)18/h8-9H,2-7H2,1H3,(H,17,18). The summed E-state index contributed by atoms with van der Waals surface area (Å²) in [6, 6.07) is -0.523. The molecule has 0 radical (unpaired) electrons. The van der Waals surface area contributed by atoms with Gasteiger partial charge in [-0.05, 0) is 6.42 Å². The summed E-state index contributed by atoms with van der Waals surface area (Å²) in [6.07, 6.45) is -0.0483. The van der Waals surface area contributed by atoms with Crippen LogP contribution in [0.25, 0.3) is 0 Å². The highest BCUT2D eigenvalue weighted by Crippen LogP contribution is 2.21. The molecule has 19 heavy (non-hydrogen) atoms. The normalized spacial score (nSPS) is 29.0. The van der Waals surface area contributed by atoms with Gasteiger partial charge in [-0.1, -0.05) is 6.92 Å². The number of amides is 2. The third kappa shape index (κ3) is 2.76. The molecule has 2 unspecified atom stereocenters. The average molecular weight is 270 g/mol. The van der Waals surface area contributed by atoms with E-state index < -0.39 is 18.1 Å². The van der Waals surface area contributed by atoms with Crippen molar-refractivity contribution in [2.75, 3.05) is 26.2 Å². The molecule has 2 fully saturated rings. The van der Waals surface area contributed by atoms with Crippen LogP contribution in [-0.4, -0.2) is 71.1 Å². The van der Waals surface area contributed by atoms with Gasteiger partial charge in [0.05, 0.1) is 19.1 Å². The molecule has 0 aromatic heterocycles. The van der Waals surface area contributed by atoms with Crippen molar-refractivity contribution in [3.63, 3.8) is 0 Å². The monoisotopic (exact) mass is 270 g/mol. The number of carboxylic acids is 1. The number of carbonyl (C=O) groups is 3. The number of rotatable bonds is 4. The molecule has 7 heteroatoms. The largest absolute Gasteiger partial charge is 0.479 e. The Bertz CT molecular complexity index is 398. The third-order valence-electron chi connectivity index (χ3n) is 3.48. The Kier molecular flexibility index (Phi) is 4.16. The van der Waals surface area contributed by atoms with Crippen molar-refractivity contribution in [1.82, 2.24) is 9.80 Å². The maximum absolute atomic E-state index is 12.2. The van der Waals surface area contributed by atoms with Crippen LogP contribution in [0.5, 0.6) is 0 Å². The molecule has 0 aromatic carbocycles. The van der Waals surface area contributed by atoms with E-state index in [-0.39, 0.29) is 31.4 Å². The third-order valence-corrected chi connectivity index (χ3v) is 3.48. The summed E-state index contributed by atoms with van der Waals surface area (Å²) in [5.41, 5.74) is 0. The number of hydrogen-bond donors (Lipinski definition) is 1. The van der Waals surface area contributed by atoms with Crippen LogP contribution >= 0.6 is 0 Å². The minimum atomic E-state index is -1.04. The quantitative estimate of drug-likeness (QED) is 0.680. The Hall–Kier alpha value is -1.47. The lowest BCUT2D eigenvalue weighted by atomic mass is 10.1. The van der Waals surface area contributed by atoms with Crippen molar-refractivity contribution in [3.8, 4) is 0 Å². The van der Waals surface area contributed by atoms with E-state index in [1.807, 2.05) is 6.92 Å². The zero-order valence-electron chi connectivity index (χ0n) is 10.9. The van der Waals surface area contributed by atoms with Gasteiger partial charge >= 0.3 is 5.97 Å². The minimum Gasteiger partial charge on any atom is -0.479 e. The van der Waals surface area contributed by atoms with Crippen LogP contribution < -0.4 is 0 Å². The van der Waals surface area contributed by atoms with Gasteiger partial charge in [0.25, 0.3) is 0 Å². The molecule has 2 aliphatic heterocycles. The molecular weight excluding hydrogens is 252 g/mol. The zero-order chi connectivity index (χ0) is 14.0. The van der Waals surface area contributed by atoms with Gasteiger partial charge in [-0.3, -0.25) is 19.4 Å². The first-order valence-corrected chi connectivity index (χ1v) is 6.47. The summed E-state index contributed by atoms with van der Waals surface area (Å²) in [4.78, 5) is 37.9. The van der Waals surface area contributed by atoms with Gasteiger partial charge in [0.1, 0.15) is 0 Å². The van der Waals surface area contributed by atoms with Gasteiger partial charge in [-0.15, -0.1) is 0 Å². The van der Waals surface area contributed by atoms with Crippen LogP contribution in [0.15, 0.2) is 0 Å². The summed E-state index contributed by atoms with van der Waals surface area (Å²) in [7, 11) is 0. The van der Waals surface area contributed by atoms with E-state index in [4.69, 9.17) is 9.84 Å². The van der Waals surface area contributed by atoms with E-state index in [1.54, 1.807) is 4.90 Å². The number of carbonyl (C=O) groups excluding carboxylic acids is 2. The Labute approximate surface area is 111 Å². The van der Waals surface area contributed by atoms with Crippen molar-refractivity contribution in [2.45, 2.75) is 31.9 Å². The molecule has 7 nitrogen and oxygen atoms in total. The summed E-state index contributed by atoms with van der Waals surface area (Å²) >= 11 is 0. The number of ether oxygens (including phenoxy) is 1. The van der Waals surface area contributed by atoms with E-state index in [1.165, 1.54) is 4.90 Å². The predicted molar refractivity (Wildman–Crippen MR) is 64.4 cm³/mol. The molecule has 2 atom stereocenters. The first kappa shape index (κ1) is 14.0. The molecular formula is C12H18N2O5. The molecule has 2 rings (SSSR count). The Balaban J connectivity index is 2.04. The molecule has 0 saturated carbocycles. The fourth-order valence-corrected chi connectivity index (χ4v) is 2.51. The van der Waals surface area contributed by atoms with Crippen LogP contribution in [0.2, 0.25) is 0 Å². The first-order valence-electron chi connectivity index (χ1n) is 6.47. The number of likely N-dealkylation sites (tertiary alicyclic amines) is 1. The molecule has 1 N–H and O–H groups in total. The fourth-order valence-electron chi connectivity index (χ4n) is 2.51. The van der Waals surface area contributed by atoms with Crippen molar-refractivity contribution in [1.29, 1.82) is 0 Å². The fraction of sp³-hybridized carbons (Fsp3) is 0.750. The maximum Gasteiger partial charge on any atom is 0.334 e. The van der Waals surface area contributed by atoms with Crippen molar-refractivity contribution >= 4 is 17.8 Å². The first-order chi connectivity index (χ1) is 9.04. The van der Waals surface area contributed by atoms with Crippen LogP contribution in [0.1, 0.15) is 19.8 Å². The van der Waals surface area contributed by atoms with E-state index in [0.717, 1.165) is 6.42 Å². The second-order valence-electron chi connectivity index (χ2n) is 4.80. The lowest BCUT2D eigenvalue weighted by molar-refractivity contribution is -0.158. The smallest absolute Gasteiger partial charge is 0.334 e. The highest BCUT2D eigenvalue weighted by Gasteiger charge is 2.43. The highest BCUT2D eigenvalue weighted by molar-refractivity contribution is 6.05. The van der Waals surface area contributed by atoms with Gasteiger partial charge in [0, 0.05) is 19.6 Å². The number of nitrogens with zero attached hydrogens (tertiary/aromatic N) is 2. The van der Waals surface area contributed by atoms with Gasteiger partial charge in [-0.25, -0.2) is 4.79 Å². The zero-order valence-corrected chi connectivity index (χ0v) is 10.9. The topological polar surface area (TPSA) is 87.2 Å². The molecule has 0 bridgehead atoms. The van der Waals surface area contributed by atoms with Crippen LogP contribution in [0, 0.1) is 0 Å². The Morgan fingerprint density at radius 1 is 1.47 bits per heavy atom. The van der Waals surface area contributed by atoms with Gasteiger partial charge in [0.15, 0.2) is 6.10 Å². The van der Waals surface area contributed by atoms with E-state index in [2.05, 4.69) is 0 Å². The number of carboxylic acid groups (broad SMARTS) is 1. The molecule has 2 saturated heterocycles. The number of imide groups is 1. The van der Waals surface area contributed by atoms with Crippen LogP contribution in [0.3, 0.4) is 0 Å². The molecule has 0 aliphatic carbocycles. The molecule has 2 amide bonds. The predicted octanol–water partition coefficient (Wildman–Crippen LogP) is -0.691. The lowest BCUT2D eigenvalue weighted by Crippen LogP contribution is -2.52. The van der Waals surface area contributed by atoms with Crippen molar-refractivity contribution < 1.29 is 24.2 Å². The summed E-state index contributed by atoms with van der Waals surface area (Å²) in [5, 5.41) is 8.94. The SMILES string of the molecule is CCCN1C(=O)CC(N2CCOC(C(=O)O)C2)C1=O. The van der Waals surface area contributed by atoms with Crippen LogP contribution in [-0.2, 0) is 19.1 Å². The molecule has 106 valence electrons. The molecule has 2 aliphatic rings. The Morgan fingerprint density at radius 3 is 2.84 bits per heavy atom. The molecule has 2 heterocycles. The summed E-state index contributed by atoms with van der Waals surface area (Å²) in [5.74, 6) is -1.42. The lowest BCUT2D eigenvalue weighted by Gasteiger charge is -2.33. The number of aliphatic carboxylic acids is 1. The molecule has 0 spiro atoms. The summed E-state index contributed by atoms with van der Waals surface area (Å²) < 4.78 is 5.11. The molecule has 0 aromatic rings. The van der Waals surface area contributed by atoms with Crippen molar-refractivity contribution in [3.05, 3.63) is 0 Å². The number of hydrogen-bond acceptors (Lipinski definition) is 5. The van der Waals surface area contributed by atoms with Crippen LogP contribution in [0.4, 0.5) is 0 Å². The highest BCUT2D eigenvalue weighted by atomic mass is 16.5. The van der Waals surface area contributed by atoms with E-state index in [9.17, 15) is 14.4 Å². The van der Waals surface area contributed by atoms with Gasteiger partial charge in [-0.2, -0.15) is 0 Å². The average Bonchev–Trinajstić information content (AvgIpc) is 2.67. The van der Waals surface area contributed by atoms with E-state index in [0.29, 0.717) is 13.1 Å².